The predicted molar refractivity (Wildman–Crippen MR) is 89.3 cm³/mol. The number of hydrogen-bond donors (Lipinski definition) is 1. The Balaban J connectivity index is 1.56. The number of fused-ring (bicyclic) bond motifs is 3. The van der Waals surface area contributed by atoms with Crippen LogP contribution in [0.4, 0.5) is 0 Å². The first-order valence-corrected chi connectivity index (χ1v) is 9.04. The fourth-order valence-electron chi connectivity index (χ4n) is 3.82. The van der Waals surface area contributed by atoms with Crippen molar-refractivity contribution in [3.05, 3.63) is 34.7 Å². The minimum absolute atomic E-state index is 0.0575. The van der Waals surface area contributed by atoms with Gasteiger partial charge in [0.15, 0.2) is 11.5 Å². The second kappa shape index (κ2) is 5.23. The van der Waals surface area contributed by atoms with Crippen molar-refractivity contribution >= 4 is 11.3 Å². The van der Waals surface area contributed by atoms with E-state index in [4.69, 9.17) is 14.2 Å². The van der Waals surface area contributed by atoms with E-state index in [1.54, 1.807) is 0 Å². The first-order chi connectivity index (χ1) is 11.3. The Labute approximate surface area is 139 Å². The molecule has 5 rings (SSSR count). The van der Waals surface area contributed by atoms with Gasteiger partial charge in [-0.1, -0.05) is 0 Å². The van der Waals surface area contributed by atoms with Crippen LogP contribution in [0.2, 0.25) is 0 Å². The summed E-state index contributed by atoms with van der Waals surface area (Å²) in [5, 5.41) is 3.45. The largest absolute Gasteiger partial charge is 0.454 e. The molecule has 3 aliphatic rings. The van der Waals surface area contributed by atoms with Crippen molar-refractivity contribution in [2.24, 2.45) is 0 Å². The molecule has 1 N–H and O–H groups in total. The van der Waals surface area contributed by atoms with Crippen LogP contribution in [0.1, 0.15) is 23.3 Å². The highest BCUT2D eigenvalue weighted by Gasteiger charge is 2.40. The minimum Gasteiger partial charge on any atom is -0.454 e. The van der Waals surface area contributed by atoms with Crippen LogP contribution in [0.15, 0.2) is 24.3 Å². The highest BCUT2D eigenvalue weighted by molar-refractivity contribution is 7.15. The molecule has 1 aromatic carbocycles. The van der Waals surface area contributed by atoms with Gasteiger partial charge in [0.2, 0.25) is 6.79 Å². The predicted octanol–water partition coefficient (Wildman–Crippen LogP) is 3.30. The van der Waals surface area contributed by atoms with E-state index in [-0.39, 0.29) is 5.60 Å². The molecule has 120 valence electrons. The van der Waals surface area contributed by atoms with E-state index >= 15 is 0 Å². The van der Waals surface area contributed by atoms with Gasteiger partial charge in [0.1, 0.15) is 5.60 Å². The lowest BCUT2D eigenvalue weighted by Crippen LogP contribution is -2.43. The second-order valence-electron chi connectivity index (χ2n) is 6.38. The third-order valence-corrected chi connectivity index (χ3v) is 6.45. The van der Waals surface area contributed by atoms with Crippen LogP contribution in [-0.2, 0) is 16.8 Å². The van der Waals surface area contributed by atoms with Crippen molar-refractivity contribution in [1.29, 1.82) is 0 Å². The van der Waals surface area contributed by atoms with Gasteiger partial charge >= 0.3 is 0 Å². The van der Waals surface area contributed by atoms with Crippen molar-refractivity contribution < 1.29 is 14.2 Å². The molecular formula is C18H19NO3S. The Bertz CT molecular complexity index is 749. The average Bonchev–Trinajstić information content (AvgIpc) is 3.22. The molecule has 0 aliphatic carbocycles. The summed E-state index contributed by atoms with van der Waals surface area (Å²) in [5.41, 5.74) is 2.62. The Morgan fingerprint density at radius 1 is 1.04 bits per heavy atom. The molecule has 0 amide bonds. The van der Waals surface area contributed by atoms with Gasteiger partial charge in [-0.05, 0) is 67.7 Å². The summed E-state index contributed by atoms with van der Waals surface area (Å²) in [4.78, 5) is 2.75. The quantitative estimate of drug-likeness (QED) is 0.871. The van der Waals surface area contributed by atoms with E-state index in [0.717, 1.165) is 50.5 Å². The third kappa shape index (κ3) is 2.18. The van der Waals surface area contributed by atoms with Crippen LogP contribution in [0.25, 0.3) is 10.4 Å². The number of rotatable bonds is 1. The number of nitrogens with one attached hydrogen (secondary N) is 1. The van der Waals surface area contributed by atoms with Crippen molar-refractivity contribution in [1.82, 2.24) is 5.32 Å². The number of ether oxygens (including phenoxy) is 3. The Morgan fingerprint density at radius 3 is 2.83 bits per heavy atom. The van der Waals surface area contributed by atoms with Crippen LogP contribution in [0, 0.1) is 0 Å². The first-order valence-electron chi connectivity index (χ1n) is 8.22. The van der Waals surface area contributed by atoms with E-state index in [1.165, 1.54) is 20.9 Å². The van der Waals surface area contributed by atoms with Crippen LogP contribution in [0.5, 0.6) is 11.5 Å². The maximum atomic E-state index is 6.28. The van der Waals surface area contributed by atoms with Crippen molar-refractivity contribution in [2.75, 3.05) is 26.5 Å². The second-order valence-corrected chi connectivity index (χ2v) is 7.43. The van der Waals surface area contributed by atoms with Crippen LogP contribution < -0.4 is 14.8 Å². The molecule has 3 aliphatic heterocycles. The molecule has 0 unspecified atom stereocenters. The first kappa shape index (κ1) is 13.8. The van der Waals surface area contributed by atoms with Crippen LogP contribution >= 0.6 is 11.3 Å². The molecule has 4 heterocycles. The summed E-state index contributed by atoms with van der Waals surface area (Å²) in [6, 6.07) is 8.58. The number of benzene rings is 1. The van der Waals surface area contributed by atoms with E-state index in [9.17, 15) is 0 Å². The normalized spacial score (nSPS) is 21.4. The van der Waals surface area contributed by atoms with Crippen LogP contribution in [0.3, 0.4) is 0 Å². The molecule has 1 saturated heterocycles. The standard InChI is InChI=1S/C18H19NO3S/c1-2-14-15(21-11-20-14)9-12(1)16-10-13-3-8-22-18(17(13)23-16)4-6-19-7-5-18/h1-2,9-10,19H,3-8,11H2. The monoisotopic (exact) mass is 329 g/mol. The van der Waals surface area contributed by atoms with Crippen molar-refractivity contribution in [3.8, 4) is 21.9 Å². The lowest BCUT2D eigenvalue weighted by molar-refractivity contribution is -0.0771. The molecule has 2 aromatic rings. The molecule has 1 aromatic heterocycles. The molecule has 0 radical (unpaired) electrons. The minimum atomic E-state index is -0.0575. The smallest absolute Gasteiger partial charge is 0.231 e. The Morgan fingerprint density at radius 2 is 1.91 bits per heavy atom. The van der Waals surface area contributed by atoms with Gasteiger partial charge in [0, 0.05) is 9.75 Å². The molecule has 0 saturated carbocycles. The molecule has 1 spiro atoms. The molecule has 5 heteroatoms. The molecule has 0 atom stereocenters. The third-order valence-electron chi connectivity index (χ3n) is 5.04. The molecule has 4 nitrogen and oxygen atoms in total. The maximum Gasteiger partial charge on any atom is 0.231 e. The summed E-state index contributed by atoms with van der Waals surface area (Å²) in [5.74, 6) is 1.69. The number of thiophene rings is 1. The lowest BCUT2D eigenvalue weighted by Gasteiger charge is -2.40. The summed E-state index contributed by atoms with van der Waals surface area (Å²) >= 11 is 1.89. The highest BCUT2D eigenvalue weighted by atomic mass is 32.1. The van der Waals surface area contributed by atoms with Crippen molar-refractivity contribution in [3.63, 3.8) is 0 Å². The molecule has 1 fully saturated rings. The van der Waals surface area contributed by atoms with E-state index in [1.807, 2.05) is 17.4 Å². The van der Waals surface area contributed by atoms with E-state index < -0.39 is 0 Å². The maximum absolute atomic E-state index is 6.28. The zero-order valence-electron chi connectivity index (χ0n) is 12.9. The van der Waals surface area contributed by atoms with Gasteiger partial charge in [0.05, 0.1) is 6.61 Å². The number of piperidine rings is 1. The topological polar surface area (TPSA) is 39.7 Å². The molecular weight excluding hydrogens is 310 g/mol. The fourth-order valence-corrected chi connectivity index (χ4v) is 5.22. The summed E-state index contributed by atoms with van der Waals surface area (Å²) in [6.07, 6.45) is 3.16. The van der Waals surface area contributed by atoms with Gasteiger partial charge in [-0.2, -0.15) is 0 Å². The summed E-state index contributed by atoms with van der Waals surface area (Å²) in [7, 11) is 0. The van der Waals surface area contributed by atoms with Gasteiger partial charge in [-0.25, -0.2) is 0 Å². The zero-order chi connectivity index (χ0) is 15.3. The van der Waals surface area contributed by atoms with Gasteiger partial charge in [-0.3, -0.25) is 0 Å². The van der Waals surface area contributed by atoms with Gasteiger partial charge < -0.3 is 19.5 Å². The lowest BCUT2D eigenvalue weighted by atomic mass is 9.86. The highest BCUT2D eigenvalue weighted by Crippen LogP contribution is 2.47. The molecule has 23 heavy (non-hydrogen) atoms. The van der Waals surface area contributed by atoms with E-state index in [0.29, 0.717) is 6.79 Å². The average molecular weight is 329 g/mol. The Kier molecular flexibility index (Phi) is 3.15. The molecule has 0 bridgehead atoms. The number of hydrogen-bond acceptors (Lipinski definition) is 5. The van der Waals surface area contributed by atoms with Crippen molar-refractivity contribution in [2.45, 2.75) is 24.9 Å². The zero-order valence-corrected chi connectivity index (χ0v) is 13.7. The summed E-state index contributed by atoms with van der Waals surface area (Å²) in [6.45, 7) is 3.24. The Hall–Kier alpha value is -1.56. The fraction of sp³-hybridized carbons (Fsp3) is 0.444. The van der Waals surface area contributed by atoms with Gasteiger partial charge in [-0.15, -0.1) is 11.3 Å². The van der Waals surface area contributed by atoms with E-state index in [2.05, 4.69) is 23.5 Å². The van der Waals surface area contributed by atoms with Gasteiger partial charge in [0.25, 0.3) is 0 Å². The summed E-state index contributed by atoms with van der Waals surface area (Å²) < 4.78 is 17.2. The van der Waals surface area contributed by atoms with Crippen LogP contribution in [-0.4, -0.2) is 26.5 Å². The SMILES string of the molecule is c1cc2c(cc1-c1cc3c(s1)C1(CCNCC1)OCC3)OCO2.